The van der Waals surface area contributed by atoms with E-state index in [1.165, 1.54) is 5.56 Å². The summed E-state index contributed by atoms with van der Waals surface area (Å²) in [6.45, 7) is 1.55. The van der Waals surface area contributed by atoms with E-state index in [1.807, 2.05) is 25.2 Å². The molecule has 0 fully saturated rings. The minimum Gasteiger partial charge on any atom is -0.383 e. The molecule has 0 spiro atoms. The molecule has 0 saturated carbocycles. The van der Waals surface area contributed by atoms with E-state index in [0.29, 0.717) is 12.4 Å². The van der Waals surface area contributed by atoms with Crippen LogP contribution in [0.25, 0.3) is 0 Å². The highest BCUT2D eigenvalue weighted by Gasteiger charge is 2.06. The number of anilines is 2. The second-order valence-electron chi connectivity index (χ2n) is 4.30. The summed E-state index contributed by atoms with van der Waals surface area (Å²) in [5.74, 6) is 0.657. The third-order valence-corrected chi connectivity index (χ3v) is 2.65. The highest BCUT2D eigenvalue weighted by molar-refractivity contribution is 5.41. The fourth-order valence-electron chi connectivity index (χ4n) is 1.80. The molecule has 0 radical (unpaired) electrons. The van der Waals surface area contributed by atoms with Crippen LogP contribution in [0.5, 0.6) is 0 Å². The molecule has 1 aromatic heterocycles. The highest BCUT2D eigenvalue weighted by Crippen LogP contribution is 2.12. The van der Waals surface area contributed by atoms with Crippen molar-refractivity contribution in [3.8, 4) is 0 Å². The highest BCUT2D eigenvalue weighted by atomic mass is 15.1. The van der Waals surface area contributed by atoms with Gasteiger partial charge in [0.2, 0.25) is 5.95 Å². The molecule has 0 atom stereocenters. The zero-order chi connectivity index (χ0) is 13.0. The second-order valence-corrected chi connectivity index (χ2v) is 4.30. The molecule has 0 amide bonds. The Kier molecular flexibility index (Phi) is 3.74. The Hall–Kier alpha value is -2.14. The van der Waals surface area contributed by atoms with E-state index in [-0.39, 0.29) is 5.95 Å². The summed E-state index contributed by atoms with van der Waals surface area (Å²) < 4.78 is 0. The van der Waals surface area contributed by atoms with Crippen molar-refractivity contribution < 1.29 is 0 Å². The number of rotatable bonds is 4. The van der Waals surface area contributed by atoms with Gasteiger partial charge in [-0.1, -0.05) is 30.3 Å². The Morgan fingerprint density at radius 3 is 2.50 bits per heavy atom. The third kappa shape index (κ3) is 3.18. The Morgan fingerprint density at radius 1 is 1.11 bits per heavy atom. The van der Waals surface area contributed by atoms with E-state index in [1.54, 1.807) is 6.20 Å². The lowest BCUT2D eigenvalue weighted by atomic mass is 10.2. The first-order valence-corrected chi connectivity index (χ1v) is 5.74. The van der Waals surface area contributed by atoms with Crippen molar-refractivity contribution in [1.29, 1.82) is 0 Å². The van der Waals surface area contributed by atoms with Crippen LogP contribution in [0.3, 0.4) is 0 Å². The summed E-state index contributed by atoms with van der Waals surface area (Å²) in [6.07, 6.45) is 1.68. The Balaban J connectivity index is 2.01. The van der Waals surface area contributed by atoms with Crippen molar-refractivity contribution >= 4 is 11.8 Å². The van der Waals surface area contributed by atoms with Crippen LogP contribution in [0.2, 0.25) is 0 Å². The van der Waals surface area contributed by atoms with Gasteiger partial charge in [0.25, 0.3) is 0 Å². The molecule has 0 saturated heterocycles. The van der Waals surface area contributed by atoms with Gasteiger partial charge in [0, 0.05) is 24.8 Å². The Morgan fingerprint density at radius 2 is 1.83 bits per heavy atom. The molecule has 0 unspecified atom stereocenters. The number of hydrogen-bond donors (Lipinski definition) is 2. The SMILES string of the molecule is CN(Cc1ccccc1)Cc1cnc(N)nc1N. The smallest absolute Gasteiger partial charge is 0.221 e. The lowest BCUT2D eigenvalue weighted by Gasteiger charge is -2.17. The van der Waals surface area contributed by atoms with Gasteiger partial charge in [-0.15, -0.1) is 0 Å². The van der Waals surface area contributed by atoms with Crippen LogP contribution in [0.15, 0.2) is 36.5 Å². The molecule has 0 bridgehead atoms. The summed E-state index contributed by atoms with van der Waals surface area (Å²) >= 11 is 0. The number of aromatic nitrogens is 2. The fraction of sp³-hybridized carbons (Fsp3) is 0.231. The molecule has 0 aliphatic heterocycles. The molecular formula is C13H17N5. The zero-order valence-electron chi connectivity index (χ0n) is 10.4. The van der Waals surface area contributed by atoms with E-state index in [0.717, 1.165) is 12.1 Å². The van der Waals surface area contributed by atoms with Crippen molar-refractivity contribution in [3.63, 3.8) is 0 Å². The summed E-state index contributed by atoms with van der Waals surface area (Å²) in [6, 6.07) is 10.3. The average Bonchev–Trinajstić information content (AvgIpc) is 2.34. The minimum absolute atomic E-state index is 0.210. The predicted octanol–water partition coefficient (Wildman–Crippen LogP) is 1.27. The standard InChI is InChI=1S/C13H17N5/c1-18(8-10-5-3-2-4-6-10)9-11-7-16-13(15)17-12(11)14/h2-7H,8-9H2,1H3,(H4,14,15,16,17). The first-order valence-electron chi connectivity index (χ1n) is 5.74. The van der Waals surface area contributed by atoms with Gasteiger partial charge in [0.1, 0.15) is 5.82 Å². The first-order chi connectivity index (χ1) is 8.65. The fourth-order valence-corrected chi connectivity index (χ4v) is 1.80. The molecule has 1 heterocycles. The van der Waals surface area contributed by atoms with Gasteiger partial charge in [0.05, 0.1) is 0 Å². The van der Waals surface area contributed by atoms with Crippen molar-refractivity contribution in [2.24, 2.45) is 0 Å². The molecule has 94 valence electrons. The van der Waals surface area contributed by atoms with Gasteiger partial charge in [0.15, 0.2) is 0 Å². The maximum atomic E-state index is 5.81. The number of hydrogen-bond acceptors (Lipinski definition) is 5. The van der Waals surface area contributed by atoms with Gasteiger partial charge < -0.3 is 11.5 Å². The maximum Gasteiger partial charge on any atom is 0.221 e. The first kappa shape index (κ1) is 12.3. The van der Waals surface area contributed by atoms with Gasteiger partial charge in [-0.25, -0.2) is 4.98 Å². The molecule has 2 rings (SSSR count). The maximum absolute atomic E-state index is 5.81. The van der Waals surface area contributed by atoms with Gasteiger partial charge in [-0.2, -0.15) is 4.98 Å². The molecule has 5 heteroatoms. The molecule has 18 heavy (non-hydrogen) atoms. The molecule has 4 N–H and O–H groups in total. The predicted molar refractivity (Wildman–Crippen MR) is 72.5 cm³/mol. The zero-order valence-corrected chi connectivity index (χ0v) is 10.4. The monoisotopic (exact) mass is 243 g/mol. The average molecular weight is 243 g/mol. The Labute approximate surface area is 106 Å². The van der Waals surface area contributed by atoms with Crippen molar-refractivity contribution in [2.75, 3.05) is 18.5 Å². The van der Waals surface area contributed by atoms with Crippen LogP contribution in [0.1, 0.15) is 11.1 Å². The molecule has 0 aliphatic rings. The summed E-state index contributed by atoms with van der Waals surface area (Å²) in [5, 5.41) is 0. The largest absolute Gasteiger partial charge is 0.383 e. The van der Waals surface area contributed by atoms with E-state index in [4.69, 9.17) is 11.5 Å². The molecule has 0 aliphatic carbocycles. The van der Waals surface area contributed by atoms with Crippen molar-refractivity contribution in [3.05, 3.63) is 47.7 Å². The van der Waals surface area contributed by atoms with Crippen LogP contribution in [0.4, 0.5) is 11.8 Å². The number of nitrogens with zero attached hydrogens (tertiary/aromatic N) is 3. The third-order valence-electron chi connectivity index (χ3n) is 2.65. The van der Waals surface area contributed by atoms with Crippen LogP contribution < -0.4 is 11.5 Å². The van der Waals surface area contributed by atoms with Gasteiger partial charge in [-0.3, -0.25) is 4.90 Å². The number of benzene rings is 1. The Bertz CT molecular complexity index is 512. The van der Waals surface area contributed by atoms with E-state index < -0.39 is 0 Å². The van der Waals surface area contributed by atoms with Crippen LogP contribution in [-0.4, -0.2) is 21.9 Å². The topological polar surface area (TPSA) is 81.1 Å². The molecule has 2 aromatic rings. The summed E-state index contributed by atoms with van der Waals surface area (Å²) in [4.78, 5) is 10.1. The van der Waals surface area contributed by atoms with E-state index >= 15 is 0 Å². The number of nitrogen functional groups attached to an aromatic ring is 2. The van der Waals surface area contributed by atoms with Crippen molar-refractivity contribution in [2.45, 2.75) is 13.1 Å². The van der Waals surface area contributed by atoms with E-state index in [9.17, 15) is 0 Å². The second kappa shape index (κ2) is 5.46. The van der Waals surface area contributed by atoms with Gasteiger partial charge >= 0.3 is 0 Å². The lowest BCUT2D eigenvalue weighted by Crippen LogP contribution is -2.19. The van der Waals surface area contributed by atoms with Gasteiger partial charge in [-0.05, 0) is 12.6 Å². The van der Waals surface area contributed by atoms with Crippen LogP contribution in [-0.2, 0) is 13.1 Å². The molecule has 1 aromatic carbocycles. The molecular weight excluding hydrogens is 226 g/mol. The molecule has 5 nitrogen and oxygen atoms in total. The summed E-state index contributed by atoms with van der Waals surface area (Å²) in [7, 11) is 2.03. The minimum atomic E-state index is 0.210. The van der Waals surface area contributed by atoms with E-state index in [2.05, 4.69) is 27.0 Å². The van der Waals surface area contributed by atoms with Crippen LogP contribution >= 0.6 is 0 Å². The van der Waals surface area contributed by atoms with Crippen molar-refractivity contribution in [1.82, 2.24) is 14.9 Å². The number of nitrogens with two attached hydrogens (primary N) is 2. The normalized spacial score (nSPS) is 10.8. The quantitative estimate of drug-likeness (QED) is 0.845. The lowest BCUT2D eigenvalue weighted by molar-refractivity contribution is 0.319. The summed E-state index contributed by atoms with van der Waals surface area (Å²) in [5.41, 5.74) is 13.4. The van der Waals surface area contributed by atoms with Crippen LogP contribution in [0, 0.1) is 0 Å².